The van der Waals surface area contributed by atoms with E-state index in [0.29, 0.717) is 34.9 Å². The lowest BCUT2D eigenvalue weighted by Crippen LogP contribution is -2.24. The van der Waals surface area contributed by atoms with E-state index >= 15 is 0 Å². The zero-order chi connectivity index (χ0) is 21.7. The molecule has 1 aromatic heterocycles. The maximum Gasteiger partial charge on any atom is 0.255 e. The zero-order valence-corrected chi connectivity index (χ0v) is 17.4. The maximum absolute atomic E-state index is 12.9. The van der Waals surface area contributed by atoms with Gasteiger partial charge in [-0.15, -0.1) is 0 Å². The van der Waals surface area contributed by atoms with Crippen molar-refractivity contribution in [1.82, 2.24) is 14.5 Å². The molecule has 0 atom stereocenters. The molecule has 2 amide bonds. The van der Waals surface area contributed by atoms with E-state index in [9.17, 15) is 9.59 Å². The molecule has 0 aliphatic heterocycles. The summed E-state index contributed by atoms with van der Waals surface area (Å²) in [6.45, 7) is 0.599. The molecule has 3 rings (SSSR count). The van der Waals surface area contributed by atoms with E-state index in [-0.39, 0.29) is 11.8 Å². The number of anilines is 1. The Bertz CT molecular complexity index is 1050. The first kappa shape index (κ1) is 20.9. The van der Waals surface area contributed by atoms with Crippen LogP contribution in [0.4, 0.5) is 5.69 Å². The van der Waals surface area contributed by atoms with Gasteiger partial charge in [0, 0.05) is 44.7 Å². The molecule has 0 saturated carbocycles. The van der Waals surface area contributed by atoms with Crippen molar-refractivity contribution in [2.45, 2.75) is 6.54 Å². The van der Waals surface area contributed by atoms with Gasteiger partial charge in [0.1, 0.15) is 0 Å². The number of methoxy groups -OCH3 is 2. The number of amides is 2. The second-order valence-electron chi connectivity index (χ2n) is 6.84. The summed E-state index contributed by atoms with van der Waals surface area (Å²) < 4.78 is 12.5. The van der Waals surface area contributed by atoms with Crippen molar-refractivity contribution in [2.75, 3.05) is 33.6 Å². The number of ether oxygens (including phenoxy) is 2. The van der Waals surface area contributed by atoms with Gasteiger partial charge < -0.3 is 24.3 Å². The third-order valence-electron chi connectivity index (χ3n) is 4.52. The second-order valence-corrected chi connectivity index (χ2v) is 6.84. The fourth-order valence-electron chi connectivity index (χ4n) is 3.00. The molecule has 2 aromatic carbocycles. The summed E-state index contributed by atoms with van der Waals surface area (Å²) in [7, 11) is 6.27. The molecule has 0 fully saturated rings. The number of benzene rings is 2. The number of aromatic nitrogens is 2. The average Bonchev–Trinajstić information content (AvgIpc) is 3.25. The van der Waals surface area contributed by atoms with Crippen LogP contribution in [0.1, 0.15) is 26.3 Å². The van der Waals surface area contributed by atoms with Crippen molar-refractivity contribution in [3.63, 3.8) is 0 Å². The Labute approximate surface area is 175 Å². The van der Waals surface area contributed by atoms with E-state index in [1.54, 1.807) is 44.8 Å². The van der Waals surface area contributed by atoms with E-state index in [1.165, 1.54) is 19.1 Å². The quantitative estimate of drug-likeness (QED) is 0.650. The highest BCUT2D eigenvalue weighted by atomic mass is 16.5. The summed E-state index contributed by atoms with van der Waals surface area (Å²) in [5.41, 5.74) is 2.08. The van der Waals surface area contributed by atoms with Crippen molar-refractivity contribution < 1.29 is 19.1 Å². The minimum Gasteiger partial charge on any atom is -0.493 e. The summed E-state index contributed by atoms with van der Waals surface area (Å²) in [6, 6.07) is 10.4. The normalized spacial score (nSPS) is 10.4. The molecule has 1 N–H and O–H groups in total. The Kier molecular flexibility index (Phi) is 6.36. The van der Waals surface area contributed by atoms with Crippen LogP contribution in [-0.4, -0.2) is 54.6 Å². The predicted octanol–water partition coefficient (Wildman–Crippen LogP) is 2.90. The van der Waals surface area contributed by atoms with Crippen LogP contribution in [0, 0.1) is 0 Å². The van der Waals surface area contributed by atoms with Gasteiger partial charge in [0.2, 0.25) is 0 Å². The minimum atomic E-state index is -0.331. The van der Waals surface area contributed by atoms with E-state index < -0.39 is 0 Å². The molecule has 0 aliphatic rings. The van der Waals surface area contributed by atoms with Gasteiger partial charge in [-0.25, -0.2) is 4.98 Å². The second kappa shape index (κ2) is 9.13. The van der Waals surface area contributed by atoms with Gasteiger partial charge in [-0.3, -0.25) is 9.59 Å². The number of rotatable bonds is 7. The third-order valence-corrected chi connectivity index (χ3v) is 4.52. The van der Waals surface area contributed by atoms with Gasteiger partial charge in [0.15, 0.2) is 11.5 Å². The Balaban J connectivity index is 1.91. The molecule has 0 aliphatic carbocycles. The molecule has 0 radical (unpaired) electrons. The number of nitrogens with zero attached hydrogens (tertiary/aromatic N) is 3. The van der Waals surface area contributed by atoms with Gasteiger partial charge in [-0.1, -0.05) is 12.1 Å². The average molecular weight is 408 g/mol. The van der Waals surface area contributed by atoms with Gasteiger partial charge >= 0.3 is 0 Å². The predicted molar refractivity (Wildman–Crippen MR) is 113 cm³/mol. The van der Waals surface area contributed by atoms with Crippen LogP contribution >= 0.6 is 0 Å². The standard InChI is InChI=1S/C22H24N4O4/c1-25(2)22(28)17-11-19(29-3)20(30-4)12-18(17)24-21(27)16-7-5-6-15(10-16)13-26-9-8-23-14-26/h5-12,14H,13H2,1-4H3,(H,24,27). The minimum absolute atomic E-state index is 0.264. The Morgan fingerprint density at radius 1 is 1.10 bits per heavy atom. The number of carbonyl (C=O) groups excluding carboxylic acids is 2. The SMILES string of the molecule is COc1cc(NC(=O)c2cccc(Cn3ccnc3)c2)c(C(=O)N(C)C)cc1OC. The van der Waals surface area contributed by atoms with Crippen LogP contribution in [0.25, 0.3) is 0 Å². The van der Waals surface area contributed by atoms with E-state index in [2.05, 4.69) is 10.3 Å². The van der Waals surface area contributed by atoms with Gasteiger partial charge in [-0.2, -0.15) is 0 Å². The fraction of sp³-hybridized carbons (Fsp3) is 0.227. The van der Waals surface area contributed by atoms with Crippen LogP contribution < -0.4 is 14.8 Å². The van der Waals surface area contributed by atoms with Gasteiger partial charge in [0.05, 0.1) is 31.8 Å². The molecule has 0 unspecified atom stereocenters. The summed E-state index contributed by atoms with van der Waals surface area (Å²) in [5, 5.41) is 2.83. The van der Waals surface area contributed by atoms with Crippen LogP contribution in [0.3, 0.4) is 0 Å². The molecule has 30 heavy (non-hydrogen) atoms. The van der Waals surface area contributed by atoms with Crippen LogP contribution in [0.15, 0.2) is 55.1 Å². The van der Waals surface area contributed by atoms with Crippen LogP contribution in [0.2, 0.25) is 0 Å². The number of hydrogen-bond donors (Lipinski definition) is 1. The van der Waals surface area contributed by atoms with Gasteiger partial charge in [-0.05, 0) is 23.8 Å². The number of nitrogens with one attached hydrogen (secondary N) is 1. The highest BCUT2D eigenvalue weighted by Crippen LogP contribution is 2.34. The highest BCUT2D eigenvalue weighted by molar-refractivity contribution is 6.09. The summed E-state index contributed by atoms with van der Waals surface area (Å²) in [5.74, 6) is 0.225. The van der Waals surface area contributed by atoms with E-state index in [0.717, 1.165) is 5.56 Å². The zero-order valence-electron chi connectivity index (χ0n) is 17.4. The summed E-state index contributed by atoms with van der Waals surface area (Å²) in [4.78, 5) is 31.1. The molecule has 156 valence electrons. The Morgan fingerprint density at radius 2 is 1.83 bits per heavy atom. The Hall–Kier alpha value is -3.81. The van der Waals surface area contributed by atoms with E-state index in [4.69, 9.17) is 9.47 Å². The van der Waals surface area contributed by atoms with E-state index in [1.807, 2.05) is 29.0 Å². The van der Waals surface area contributed by atoms with Crippen molar-refractivity contribution in [2.24, 2.45) is 0 Å². The maximum atomic E-state index is 12.9. The Morgan fingerprint density at radius 3 is 2.47 bits per heavy atom. The molecule has 8 nitrogen and oxygen atoms in total. The lowest BCUT2D eigenvalue weighted by atomic mass is 10.1. The topological polar surface area (TPSA) is 85.7 Å². The third kappa shape index (κ3) is 4.60. The smallest absolute Gasteiger partial charge is 0.255 e. The first-order valence-electron chi connectivity index (χ1n) is 9.26. The number of carbonyl (C=O) groups is 2. The first-order valence-corrected chi connectivity index (χ1v) is 9.26. The summed E-state index contributed by atoms with van der Waals surface area (Å²) >= 11 is 0. The molecule has 0 bridgehead atoms. The fourth-order valence-corrected chi connectivity index (χ4v) is 3.00. The molecular formula is C22H24N4O4. The molecular weight excluding hydrogens is 384 g/mol. The van der Waals surface area contributed by atoms with Crippen molar-refractivity contribution in [3.05, 3.63) is 71.8 Å². The van der Waals surface area contributed by atoms with Crippen LogP contribution in [-0.2, 0) is 6.54 Å². The largest absolute Gasteiger partial charge is 0.493 e. The molecule has 3 aromatic rings. The molecule has 0 saturated heterocycles. The molecule has 1 heterocycles. The van der Waals surface area contributed by atoms with Crippen molar-refractivity contribution >= 4 is 17.5 Å². The van der Waals surface area contributed by atoms with Crippen molar-refractivity contribution in [3.8, 4) is 11.5 Å². The lowest BCUT2D eigenvalue weighted by Gasteiger charge is -2.18. The van der Waals surface area contributed by atoms with Crippen LogP contribution in [0.5, 0.6) is 11.5 Å². The number of hydrogen-bond acceptors (Lipinski definition) is 5. The first-order chi connectivity index (χ1) is 14.4. The monoisotopic (exact) mass is 408 g/mol. The van der Waals surface area contributed by atoms with Crippen molar-refractivity contribution in [1.29, 1.82) is 0 Å². The van der Waals surface area contributed by atoms with Gasteiger partial charge in [0.25, 0.3) is 11.8 Å². The molecule has 8 heteroatoms. The lowest BCUT2D eigenvalue weighted by molar-refractivity contribution is 0.0828. The number of imidazole rings is 1. The summed E-state index contributed by atoms with van der Waals surface area (Å²) in [6.07, 6.45) is 5.28. The molecule has 0 spiro atoms. The highest BCUT2D eigenvalue weighted by Gasteiger charge is 2.20.